The summed E-state index contributed by atoms with van der Waals surface area (Å²) in [6.45, 7) is 0. The van der Waals surface area contributed by atoms with Crippen molar-refractivity contribution in [3.8, 4) is 0 Å². The van der Waals surface area contributed by atoms with Crippen molar-refractivity contribution in [2.75, 3.05) is 17.1 Å². The third kappa shape index (κ3) is 4.47. The molecule has 1 aromatic carbocycles. The summed E-state index contributed by atoms with van der Waals surface area (Å²) < 4.78 is 0. The van der Waals surface area contributed by atoms with Crippen molar-refractivity contribution in [2.45, 2.75) is 6.42 Å². The van der Waals surface area contributed by atoms with Crippen LogP contribution in [0.1, 0.15) is 16.8 Å². The number of Topliss-reactive ketones (excluding diaryl/α,β-unsaturated/α-hetero) is 2. The van der Waals surface area contributed by atoms with E-state index in [4.69, 9.17) is 23.2 Å². The summed E-state index contributed by atoms with van der Waals surface area (Å²) >= 11 is 10.7. The Morgan fingerprint density at radius 3 is 2.44 bits per heavy atom. The van der Waals surface area contributed by atoms with Gasteiger partial charge >= 0.3 is 0 Å². The largest absolute Gasteiger partial charge is 0.326 e. The Kier molecular flexibility index (Phi) is 5.82. The fourth-order valence-corrected chi connectivity index (χ4v) is 1.53. The lowest BCUT2D eigenvalue weighted by Crippen LogP contribution is -2.17. The van der Waals surface area contributed by atoms with E-state index in [0.29, 0.717) is 11.3 Å². The zero-order chi connectivity index (χ0) is 13.5. The van der Waals surface area contributed by atoms with Crippen LogP contribution in [0.15, 0.2) is 24.3 Å². The second-order valence-corrected chi connectivity index (χ2v) is 4.07. The van der Waals surface area contributed by atoms with Gasteiger partial charge < -0.3 is 5.32 Å². The minimum absolute atomic E-state index is 0.123. The molecule has 0 unspecified atom stereocenters. The van der Waals surface area contributed by atoms with Crippen LogP contribution in [-0.2, 0) is 9.59 Å². The molecule has 0 aliphatic rings. The Labute approximate surface area is 114 Å². The maximum absolute atomic E-state index is 11.4. The lowest BCUT2D eigenvalue weighted by Gasteiger charge is -2.05. The van der Waals surface area contributed by atoms with Gasteiger partial charge in [-0.05, 0) is 12.1 Å². The van der Waals surface area contributed by atoms with E-state index in [-0.39, 0.29) is 29.7 Å². The quantitative estimate of drug-likeness (QED) is 0.496. The maximum Gasteiger partial charge on any atom is 0.231 e. The Balaban J connectivity index is 2.70. The van der Waals surface area contributed by atoms with Crippen LogP contribution >= 0.6 is 23.2 Å². The third-order valence-corrected chi connectivity index (χ3v) is 2.64. The SMILES string of the molecule is O=C(CCl)CC(=O)Nc1cccc(C(=O)CCl)c1. The van der Waals surface area contributed by atoms with Crippen LogP contribution in [0.3, 0.4) is 0 Å². The van der Waals surface area contributed by atoms with Gasteiger partial charge in [0.1, 0.15) is 0 Å². The minimum atomic E-state index is -0.462. The molecule has 0 bridgehead atoms. The van der Waals surface area contributed by atoms with Gasteiger partial charge in [0.2, 0.25) is 5.91 Å². The van der Waals surface area contributed by atoms with Gasteiger partial charge in [0, 0.05) is 11.3 Å². The molecule has 0 aliphatic heterocycles. The van der Waals surface area contributed by atoms with E-state index in [9.17, 15) is 14.4 Å². The van der Waals surface area contributed by atoms with E-state index >= 15 is 0 Å². The monoisotopic (exact) mass is 287 g/mol. The third-order valence-electron chi connectivity index (χ3n) is 2.10. The van der Waals surface area contributed by atoms with Crippen LogP contribution in [-0.4, -0.2) is 29.2 Å². The molecular formula is C12H11Cl2NO3. The molecule has 0 spiro atoms. The molecule has 0 aliphatic carbocycles. The lowest BCUT2D eigenvalue weighted by atomic mass is 10.1. The van der Waals surface area contributed by atoms with Gasteiger partial charge in [-0.25, -0.2) is 0 Å². The highest BCUT2D eigenvalue weighted by atomic mass is 35.5. The summed E-state index contributed by atoms with van der Waals surface area (Å²) in [5, 5.41) is 2.51. The molecule has 1 N–H and O–H groups in total. The van der Waals surface area contributed by atoms with Crippen LogP contribution < -0.4 is 5.32 Å². The predicted molar refractivity (Wildman–Crippen MR) is 70.5 cm³/mol. The molecule has 0 saturated heterocycles. The number of hydrogen-bond donors (Lipinski definition) is 1. The van der Waals surface area contributed by atoms with Gasteiger partial charge in [-0.2, -0.15) is 0 Å². The van der Waals surface area contributed by atoms with Crippen molar-refractivity contribution < 1.29 is 14.4 Å². The molecule has 96 valence electrons. The number of rotatable bonds is 6. The normalized spacial score (nSPS) is 9.89. The maximum atomic E-state index is 11.4. The summed E-state index contributed by atoms with van der Waals surface area (Å²) in [5.41, 5.74) is 0.852. The number of carbonyl (C=O) groups excluding carboxylic acids is 3. The molecule has 1 rings (SSSR count). The molecule has 0 saturated carbocycles. The molecule has 4 nitrogen and oxygen atoms in total. The zero-order valence-electron chi connectivity index (χ0n) is 9.41. The van der Waals surface area contributed by atoms with Crippen molar-refractivity contribution >= 4 is 46.4 Å². The van der Waals surface area contributed by atoms with Crippen LogP contribution in [0.4, 0.5) is 5.69 Å². The molecule has 0 aromatic heterocycles. The van der Waals surface area contributed by atoms with Crippen molar-refractivity contribution in [1.82, 2.24) is 0 Å². The first kappa shape index (κ1) is 14.7. The number of carbonyl (C=O) groups is 3. The Bertz CT molecular complexity index is 474. The number of halogens is 2. The standard InChI is InChI=1S/C12H11Cl2NO3/c13-6-10(16)5-12(18)15-9-3-1-2-8(4-9)11(17)7-14/h1-4H,5-7H2,(H,15,18). The van der Waals surface area contributed by atoms with Gasteiger partial charge in [0.15, 0.2) is 11.6 Å². The number of ketones is 2. The second kappa shape index (κ2) is 7.13. The topological polar surface area (TPSA) is 63.2 Å². The molecule has 0 atom stereocenters. The van der Waals surface area contributed by atoms with Crippen LogP contribution in [0, 0.1) is 0 Å². The van der Waals surface area contributed by atoms with E-state index in [2.05, 4.69) is 5.32 Å². The van der Waals surface area contributed by atoms with Crippen molar-refractivity contribution in [3.63, 3.8) is 0 Å². The average Bonchev–Trinajstić information content (AvgIpc) is 2.37. The van der Waals surface area contributed by atoms with E-state index in [1.165, 1.54) is 6.07 Å². The Morgan fingerprint density at radius 2 is 1.83 bits per heavy atom. The highest BCUT2D eigenvalue weighted by Crippen LogP contribution is 2.12. The Morgan fingerprint density at radius 1 is 1.11 bits per heavy atom. The van der Waals surface area contributed by atoms with Gasteiger partial charge in [0.05, 0.1) is 18.2 Å². The highest BCUT2D eigenvalue weighted by molar-refractivity contribution is 6.30. The van der Waals surface area contributed by atoms with Gasteiger partial charge in [0.25, 0.3) is 0 Å². The van der Waals surface area contributed by atoms with Crippen LogP contribution in [0.25, 0.3) is 0 Å². The number of nitrogens with one attached hydrogen (secondary N) is 1. The van der Waals surface area contributed by atoms with Gasteiger partial charge in [-0.3, -0.25) is 14.4 Å². The van der Waals surface area contributed by atoms with E-state index < -0.39 is 5.91 Å². The summed E-state index contributed by atoms with van der Waals surface area (Å²) in [6.07, 6.45) is -0.281. The predicted octanol–water partition coefficient (Wildman–Crippen LogP) is 2.24. The first-order valence-corrected chi connectivity index (χ1v) is 6.20. The molecular weight excluding hydrogens is 277 g/mol. The molecule has 0 fully saturated rings. The summed E-state index contributed by atoms with van der Waals surface area (Å²) in [5.74, 6) is -1.37. The minimum Gasteiger partial charge on any atom is -0.326 e. The summed E-state index contributed by atoms with van der Waals surface area (Å²) in [7, 11) is 0. The lowest BCUT2D eigenvalue weighted by molar-refractivity contribution is -0.124. The van der Waals surface area contributed by atoms with Crippen LogP contribution in [0.5, 0.6) is 0 Å². The Hall–Kier alpha value is -1.39. The fourth-order valence-electron chi connectivity index (χ4n) is 1.28. The van der Waals surface area contributed by atoms with E-state index in [1.807, 2.05) is 0 Å². The first-order chi connectivity index (χ1) is 8.56. The summed E-state index contributed by atoms with van der Waals surface area (Å²) in [4.78, 5) is 33.8. The number of hydrogen-bond acceptors (Lipinski definition) is 3. The molecule has 0 heterocycles. The highest BCUT2D eigenvalue weighted by Gasteiger charge is 2.10. The van der Waals surface area contributed by atoms with Crippen LogP contribution in [0.2, 0.25) is 0 Å². The number of alkyl halides is 2. The first-order valence-electron chi connectivity index (χ1n) is 5.13. The van der Waals surface area contributed by atoms with Crippen molar-refractivity contribution in [2.24, 2.45) is 0 Å². The fraction of sp³-hybridized carbons (Fsp3) is 0.250. The average molecular weight is 288 g/mol. The number of anilines is 1. The summed E-state index contributed by atoms with van der Waals surface area (Å²) in [6, 6.07) is 6.35. The van der Waals surface area contributed by atoms with Crippen molar-refractivity contribution in [1.29, 1.82) is 0 Å². The molecule has 6 heteroatoms. The molecule has 1 aromatic rings. The number of benzene rings is 1. The molecule has 18 heavy (non-hydrogen) atoms. The van der Waals surface area contributed by atoms with E-state index in [0.717, 1.165) is 0 Å². The smallest absolute Gasteiger partial charge is 0.231 e. The molecule has 0 radical (unpaired) electrons. The van der Waals surface area contributed by atoms with Crippen molar-refractivity contribution in [3.05, 3.63) is 29.8 Å². The number of amides is 1. The molecule has 1 amide bonds. The van der Waals surface area contributed by atoms with Gasteiger partial charge in [-0.15, -0.1) is 23.2 Å². The van der Waals surface area contributed by atoms with Gasteiger partial charge in [-0.1, -0.05) is 12.1 Å². The van der Waals surface area contributed by atoms with E-state index in [1.54, 1.807) is 18.2 Å². The zero-order valence-corrected chi connectivity index (χ0v) is 10.9. The second-order valence-electron chi connectivity index (χ2n) is 3.53.